The molecule has 0 radical (unpaired) electrons. The smallest absolute Gasteiger partial charge is 0.456 e. The average Bonchev–Trinajstić information content (AvgIpc) is 2.83. The maximum atomic E-state index is 13.7. The van der Waals surface area contributed by atoms with Gasteiger partial charge in [-0.15, -0.1) is 0 Å². The van der Waals surface area contributed by atoms with E-state index in [9.17, 15) is 40.2 Å². The number of ether oxygens (including phenoxy) is 1. The van der Waals surface area contributed by atoms with Crippen LogP contribution in [-0.4, -0.2) is 29.9 Å². The molecule has 0 bridgehead atoms. The number of rotatable bonds is 7. The lowest BCUT2D eigenvalue weighted by atomic mass is 10.1. The lowest BCUT2D eigenvalue weighted by Gasteiger charge is -2.32. The number of halogens is 8. The summed E-state index contributed by atoms with van der Waals surface area (Å²) in [5.41, 5.74) is -1.59. The second-order valence-electron chi connectivity index (χ2n) is 7.21. The van der Waals surface area contributed by atoms with Crippen LogP contribution in [0.15, 0.2) is 78.9 Å². The summed E-state index contributed by atoms with van der Waals surface area (Å²) in [7, 11) is 0. The number of aliphatic hydroxyl groups is 1. The van der Waals surface area contributed by atoms with Crippen molar-refractivity contribution in [1.82, 2.24) is 0 Å². The molecule has 11 heteroatoms. The first-order valence-corrected chi connectivity index (χ1v) is 10.7. The summed E-state index contributed by atoms with van der Waals surface area (Å²) in [5, 5.41) is 9.77. The predicted molar refractivity (Wildman–Crippen MR) is 120 cm³/mol. The molecule has 36 heavy (non-hydrogen) atoms. The molecule has 0 amide bonds. The molecule has 0 aliphatic heterocycles. The maximum absolute atomic E-state index is 13.7. The molecule has 0 unspecified atom stereocenters. The van der Waals surface area contributed by atoms with Crippen molar-refractivity contribution in [1.29, 1.82) is 0 Å². The Morgan fingerprint density at radius 3 is 1.81 bits per heavy atom. The first-order chi connectivity index (χ1) is 16.8. The van der Waals surface area contributed by atoms with Gasteiger partial charge in [-0.05, 0) is 42.5 Å². The Morgan fingerprint density at radius 2 is 1.25 bits per heavy atom. The van der Waals surface area contributed by atoms with Crippen LogP contribution in [-0.2, 0) is 6.18 Å². The predicted octanol–water partition coefficient (Wildman–Crippen LogP) is 8.22. The molecule has 3 rings (SSSR count). The zero-order valence-corrected chi connectivity index (χ0v) is 19.1. The summed E-state index contributed by atoms with van der Waals surface area (Å²) in [6.45, 7) is 2.64. The van der Waals surface area contributed by atoms with Crippen molar-refractivity contribution in [3.8, 4) is 11.5 Å². The van der Waals surface area contributed by atoms with Crippen LogP contribution in [0, 0.1) is 0 Å². The molecule has 1 N–H and O–H groups in total. The zero-order valence-electron chi connectivity index (χ0n) is 19.1. The average molecular weight is 521 g/mol. The highest BCUT2D eigenvalue weighted by Gasteiger charge is 2.62. The summed E-state index contributed by atoms with van der Waals surface area (Å²) in [6.07, 6.45) is -14.1. The molecule has 0 heterocycles. The van der Waals surface area contributed by atoms with E-state index in [-0.39, 0.29) is 17.1 Å². The van der Waals surface area contributed by atoms with E-state index in [4.69, 9.17) is 4.74 Å². The van der Waals surface area contributed by atoms with E-state index in [2.05, 4.69) is 0 Å². The largest absolute Gasteiger partial charge is 0.457 e. The minimum absolute atomic E-state index is 0.0789. The molecule has 0 saturated carbocycles. The van der Waals surface area contributed by atoms with E-state index in [0.29, 0.717) is 11.8 Å². The summed E-state index contributed by atoms with van der Waals surface area (Å²) in [5.74, 6) is -4.99. The number of aliphatic hydroxyl groups excluding tert-OH is 1. The Balaban J connectivity index is 0.00000222. The van der Waals surface area contributed by atoms with Gasteiger partial charge in [-0.25, -0.2) is 0 Å². The Bertz CT molecular complexity index is 1100. The minimum atomic E-state index is -6.07. The van der Waals surface area contributed by atoms with Crippen molar-refractivity contribution in [2.24, 2.45) is 0 Å². The topological polar surface area (TPSA) is 32.7 Å². The molecule has 0 fully saturated rings. The SMILES string of the molecule is CC.O[C@H](CN(c1cccc(Oc2ccccc2)c1)c1cccc(C(F)(F)F)c1)C(F)(F)C(F)(F)F. The monoisotopic (exact) mass is 521 g/mol. The fourth-order valence-electron chi connectivity index (χ4n) is 3.03. The number of nitrogens with zero attached hydrogens (tertiary/aromatic N) is 1. The van der Waals surface area contributed by atoms with E-state index in [1.807, 2.05) is 13.8 Å². The number of hydrogen-bond acceptors (Lipinski definition) is 3. The van der Waals surface area contributed by atoms with Gasteiger partial charge in [0.1, 0.15) is 17.6 Å². The summed E-state index contributed by atoms with van der Waals surface area (Å²) >= 11 is 0. The molecule has 196 valence electrons. The third-order valence-electron chi connectivity index (χ3n) is 4.75. The molecule has 0 aliphatic carbocycles. The van der Waals surface area contributed by atoms with Crippen LogP contribution in [0.1, 0.15) is 19.4 Å². The Morgan fingerprint density at radius 1 is 0.722 bits per heavy atom. The number of benzene rings is 3. The van der Waals surface area contributed by atoms with Crippen molar-refractivity contribution < 1.29 is 45.0 Å². The Kier molecular flexibility index (Phi) is 9.31. The summed E-state index contributed by atoms with van der Waals surface area (Å²) in [6, 6.07) is 17.0. The maximum Gasteiger partial charge on any atom is 0.456 e. The van der Waals surface area contributed by atoms with Crippen LogP contribution in [0.25, 0.3) is 0 Å². The molecule has 0 saturated heterocycles. The van der Waals surface area contributed by atoms with Gasteiger partial charge in [0.05, 0.1) is 12.1 Å². The van der Waals surface area contributed by atoms with E-state index < -0.39 is 36.5 Å². The fourth-order valence-corrected chi connectivity index (χ4v) is 3.03. The number of para-hydroxylation sites is 1. The van der Waals surface area contributed by atoms with Crippen molar-refractivity contribution in [3.63, 3.8) is 0 Å². The van der Waals surface area contributed by atoms with Gasteiger partial charge >= 0.3 is 18.3 Å². The van der Waals surface area contributed by atoms with E-state index in [1.54, 1.807) is 30.3 Å². The van der Waals surface area contributed by atoms with E-state index >= 15 is 0 Å². The molecule has 3 aromatic rings. The molecule has 3 aromatic carbocycles. The van der Waals surface area contributed by atoms with Crippen molar-refractivity contribution in [2.75, 3.05) is 11.4 Å². The number of hydrogen-bond donors (Lipinski definition) is 1. The molecular weight excluding hydrogens is 498 g/mol. The van der Waals surface area contributed by atoms with Crippen LogP contribution in [0.5, 0.6) is 11.5 Å². The molecule has 0 spiro atoms. The first kappa shape index (κ1) is 28.9. The van der Waals surface area contributed by atoms with Gasteiger partial charge in [0.15, 0.2) is 0 Å². The highest BCUT2D eigenvalue weighted by Crippen LogP contribution is 2.41. The van der Waals surface area contributed by atoms with Gasteiger partial charge in [0, 0.05) is 17.4 Å². The third kappa shape index (κ3) is 7.09. The van der Waals surface area contributed by atoms with Gasteiger partial charge in [0.25, 0.3) is 0 Å². The highest BCUT2D eigenvalue weighted by molar-refractivity contribution is 5.65. The highest BCUT2D eigenvalue weighted by atomic mass is 19.4. The van der Waals surface area contributed by atoms with Crippen LogP contribution in [0.2, 0.25) is 0 Å². The number of anilines is 2. The van der Waals surface area contributed by atoms with E-state index in [1.165, 1.54) is 24.3 Å². The molecule has 1 atom stereocenters. The van der Waals surface area contributed by atoms with Crippen molar-refractivity contribution in [2.45, 2.75) is 38.2 Å². The van der Waals surface area contributed by atoms with Crippen LogP contribution < -0.4 is 9.64 Å². The summed E-state index contributed by atoms with van der Waals surface area (Å²) in [4.78, 5) is 0.734. The third-order valence-corrected chi connectivity index (χ3v) is 4.75. The Labute approximate surface area is 202 Å². The second-order valence-corrected chi connectivity index (χ2v) is 7.21. The molecular formula is C25H23F8NO2. The second kappa shape index (κ2) is 11.6. The van der Waals surface area contributed by atoms with Gasteiger partial charge in [-0.2, -0.15) is 35.1 Å². The van der Waals surface area contributed by atoms with Gasteiger partial charge in [0.2, 0.25) is 0 Å². The van der Waals surface area contributed by atoms with Crippen LogP contribution >= 0.6 is 0 Å². The zero-order chi connectivity index (χ0) is 27.1. The van der Waals surface area contributed by atoms with Crippen molar-refractivity contribution in [3.05, 3.63) is 84.4 Å². The molecule has 0 aromatic heterocycles. The Hall–Kier alpha value is -3.34. The summed E-state index contributed by atoms with van der Waals surface area (Å²) < 4.78 is 111. The lowest BCUT2D eigenvalue weighted by Crippen LogP contribution is -2.51. The van der Waals surface area contributed by atoms with Gasteiger partial charge < -0.3 is 14.7 Å². The number of alkyl halides is 8. The minimum Gasteiger partial charge on any atom is -0.457 e. The normalized spacial score (nSPS) is 12.9. The van der Waals surface area contributed by atoms with E-state index in [0.717, 1.165) is 23.1 Å². The fraction of sp³-hybridized carbons (Fsp3) is 0.280. The van der Waals surface area contributed by atoms with Gasteiger partial charge in [-0.1, -0.05) is 44.2 Å². The molecule has 0 aliphatic rings. The van der Waals surface area contributed by atoms with Crippen LogP contribution in [0.3, 0.4) is 0 Å². The standard InChI is InChI=1S/C23H17F8NO2.C2H6/c24-21(25,23(29,30)31)20(33)14-32(16-7-4-6-15(12-16)22(26,27)28)17-8-5-11-19(13-17)34-18-9-2-1-3-10-18;1-2/h1-13,20,33H,14H2;1-2H3/t20-;/m1./s1. The quantitative estimate of drug-likeness (QED) is 0.318. The van der Waals surface area contributed by atoms with Gasteiger partial charge in [-0.3, -0.25) is 0 Å². The van der Waals surface area contributed by atoms with Crippen LogP contribution in [0.4, 0.5) is 46.5 Å². The lowest BCUT2D eigenvalue weighted by molar-refractivity contribution is -0.311. The van der Waals surface area contributed by atoms with Crippen molar-refractivity contribution >= 4 is 11.4 Å². The molecule has 3 nitrogen and oxygen atoms in total. The first-order valence-electron chi connectivity index (χ1n) is 10.7.